The summed E-state index contributed by atoms with van der Waals surface area (Å²) < 4.78 is 13.1. The van der Waals surface area contributed by atoms with Crippen LogP contribution in [0.5, 0.6) is 0 Å². The fourth-order valence-corrected chi connectivity index (χ4v) is 3.53. The molecule has 1 atom stereocenters. The van der Waals surface area contributed by atoms with Crippen molar-refractivity contribution in [3.8, 4) is 0 Å². The van der Waals surface area contributed by atoms with Crippen molar-refractivity contribution < 1.29 is 9.50 Å². The van der Waals surface area contributed by atoms with E-state index in [9.17, 15) is 9.50 Å². The van der Waals surface area contributed by atoms with E-state index in [2.05, 4.69) is 17.0 Å². The largest absolute Gasteiger partial charge is 0.392 e. The highest BCUT2D eigenvalue weighted by Gasteiger charge is 2.23. The van der Waals surface area contributed by atoms with Crippen molar-refractivity contribution in [3.05, 3.63) is 70.0 Å². The smallest absolute Gasteiger partial charge is 0.124 e. The molecule has 3 rings (SSSR count). The standard InChI is InChI=1S/C19H21ClFNO/c20-19-10-18(21)5-4-17(19)12-22-7-6-15(11-22)8-14-2-1-3-16(9-14)13-23/h1-5,9-10,15,23H,6-8,11-13H2/t15-/m1/s1. The van der Waals surface area contributed by atoms with Crippen LogP contribution < -0.4 is 0 Å². The van der Waals surface area contributed by atoms with Gasteiger partial charge in [0.25, 0.3) is 0 Å². The Balaban J connectivity index is 1.57. The molecule has 0 aliphatic carbocycles. The van der Waals surface area contributed by atoms with Gasteiger partial charge in [-0.25, -0.2) is 4.39 Å². The summed E-state index contributed by atoms with van der Waals surface area (Å²) in [6, 6.07) is 12.8. The van der Waals surface area contributed by atoms with Crippen LogP contribution in [0, 0.1) is 11.7 Å². The van der Waals surface area contributed by atoms with Gasteiger partial charge >= 0.3 is 0 Å². The molecule has 0 bridgehead atoms. The lowest BCUT2D eigenvalue weighted by atomic mass is 9.97. The summed E-state index contributed by atoms with van der Waals surface area (Å²) in [7, 11) is 0. The van der Waals surface area contributed by atoms with Crippen LogP contribution in [-0.2, 0) is 19.6 Å². The van der Waals surface area contributed by atoms with E-state index in [1.165, 1.54) is 17.7 Å². The minimum Gasteiger partial charge on any atom is -0.392 e. The monoisotopic (exact) mass is 333 g/mol. The normalized spacial score (nSPS) is 18.5. The van der Waals surface area contributed by atoms with Crippen molar-refractivity contribution in [2.75, 3.05) is 13.1 Å². The minimum atomic E-state index is -0.290. The Hall–Kier alpha value is -1.42. The second kappa shape index (κ2) is 7.43. The predicted molar refractivity (Wildman–Crippen MR) is 90.9 cm³/mol. The molecule has 1 aliphatic heterocycles. The fourth-order valence-electron chi connectivity index (χ4n) is 3.30. The molecule has 0 amide bonds. The molecule has 0 unspecified atom stereocenters. The lowest BCUT2D eigenvalue weighted by Gasteiger charge is -2.17. The maximum Gasteiger partial charge on any atom is 0.124 e. The molecule has 0 saturated carbocycles. The van der Waals surface area contributed by atoms with E-state index in [1.807, 2.05) is 12.1 Å². The van der Waals surface area contributed by atoms with Crippen molar-refractivity contribution in [2.45, 2.75) is 26.0 Å². The summed E-state index contributed by atoms with van der Waals surface area (Å²) in [4.78, 5) is 2.37. The first-order valence-corrected chi connectivity index (χ1v) is 8.37. The lowest BCUT2D eigenvalue weighted by Crippen LogP contribution is -2.20. The molecule has 1 heterocycles. The molecule has 23 heavy (non-hydrogen) atoms. The highest BCUT2D eigenvalue weighted by molar-refractivity contribution is 6.31. The Morgan fingerprint density at radius 2 is 2.00 bits per heavy atom. The average Bonchev–Trinajstić information content (AvgIpc) is 2.97. The average molecular weight is 334 g/mol. The van der Waals surface area contributed by atoms with Gasteiger partial charge in [0.1, 0.15) is 5.82 Å². The molecule has 2 aromatic rings. The van der Waals surface area contributed by atoms with Crippen LogP contribution in [0.2, 0.25) is 5.02 Å². The fraction of sp³-hybridized carbons (Fsp3) is 0.368. The molecule has 4 heteroatoms. The number of benzene rings is 2. The summed E-state index contributed by atoms with van der Waals surface area (Å²) in [5.41, 5.74) is 3.23. The number of likely N-dealkylation sites (tertiary alicyclic amines) is 1. The van der Waals surface area contributed by atoms with Crippen molar-refractivity contribution in [1.29, 1.82) is 0 Å². The van der Waals surface area contributed by atoms with Gasteiger partial charge in [0.15, 0.2) is 0 Å². The molecule has 0 spiro atoms. The molecular formula is C19H21ClFNO. The Kier molecular flexibility index (Phi) is 5.31. The highest BCUT2D eigenvalue weighted by atomic mass is 35.5. The Bertz CT molecular complexity index is 676. The first-order valence-electron chi connectivity index (χ1n) is 7.99. The number of rotatable bonds is 5. The maximum atomic E-state index is 13.1. The zero-order valence-corrected chi connectivity index (χ0v) is 13.8. The lowest BCUT2D eigenvalue weighted by molar-refractivity contribution is 0.281. The van der Waals surface area contributed by atoms with Gasteiger partial charge in [-0.1, -0.05) is 41.9 Å². The molecule has 0 radical (unpaired) electrons. The second-order valence-corrected chi connectivity index (χ2v) is 6.71. The first-order chi connectivity index (χ1) is 11.1. The van der Waals surface area contributed by atoms with Gasteiger partial charge in [-0.2, -0.15) is 0 Å². The molecule has 1 N–H and O–H groups in total. The van der Waals surface area contributed by atoms with Gasteiger partial charge in [-0.05, 0) is 54.1 Å². The number of aliphatic hydroxyl groups is 1. The van der Waals surface area contributed by atoms with E-state index in [0.717, 1.165) is 43.6 Å². The van der Waals surface area contributed by atoms with E-state index in [1.54, 1.807) is 6.07 Å². The first kappa shape index (κ1) is 16.4. The van der Waals surface area contributed by atoms with Gasteiger partial charge in [0.2, 0.25) is 0 Å². The van der Waals surface area contributed by atoms with Gasteiger partial charge in [-0.15, -0.1) is 0 Å². The topological polar surface area (TPSA) is 23.5 Å². The van der Waals surface area contributed by atoms with Crippen LogP contribution in [0.3, 0.4) is 0 Å². The summed E-state index contributed by atoms with van der Waals surface area (Å²) in [6.07, 6.45) is 2.18. The van der Waals surface area contributed by atoms with E-state index < -0.39 is 0 Å². The van der Waals surface area contributed by atoms with Crippen LogP contribution >= 0.6 is 11.6 Å². The molecule has 122 valence electrons. The van der Waals surface area contributed by atoms with Crippen LogP contribution in [0.4, 0.5) is 4.39 Å². The molecule has 2 nitrogen and oxygen atoms in total. The van der Waals surface area contributed by atoms with Gasteiger partial charge in [0, 0.05) is 18.1 Å². The summed E-state index contributed by atoms with van der Waals surface area (Å²) >= 11 is 6.12. The van der Waals surface area contributed by atoms with Crippen molar-refractivity contribution in [3.63, 3.8) is 0 Å². The number of hydrogen-bond acceptors (Lipinski definition) is 2. The van der Waals surface area contributed by atoms with Gasteiger partial charge in [-0.3, -0.25) is 4.90 Å². The van der Waals surface area contributed by atoms with Crippen LogP contribution in [-0.4, -0.2) is 23.1 Å². The van der Waals surface area contributed by atoms with E-state index >= 15 is 0 Å². The highest BCUT2D eigenvalue weighted by Crippen LogP contribution is 2.25. The number of aliphatic hydroxyl groups excluding tert-OH is 1. The number of nitrogens with zero attached hydrogens (tertiary/aromatic N) is 1. The third-order valence-electron chi connectivity index (χ3n) is 4.48. The molecule has 1 aliphatic rings. The van der Waals surface area contributed by atoms with Crippen molar-refractivity contribution in [2.24, 2.45) is 5.92 Å². The predicted octanol–water partition coefficient (Wildman–Crippen LogP) is 4.04. The third-order valence-corrected chi connectivity index (χ3v) is 4.83. The summed E-state index contributed by atoms with van der Waals surface area (Å²) in [6.45, 7) is 2.93. The zero-order valence-electron chi connectivity index (χ0n) is 13.0. The Labute approximate surface area is 141 Å². The van der Waals surface area contributed by atoms with E-state index in [4.69, 9.17) is 11.6 Å². The van der Waals surface area contributed by atoms with Crippen LogP contribution in [0.15, 0.2) is 42.5 Å². The number of halogens is 2. The maximum absolute atomic E-state index is 13.1. The van der Waals surface area contributed by atoms with Gasteiger partial charge in [0.05, 0.1) is 6.61 Å². The van der Waals surface area contributed by atoms with Crippen LogP contribution in [0.1, 0.15) is 23.1 Å². The Morgan fingerprint density at radius 3 is 2.78 bits per heavy atom. The van der Waals surface area contributed by atoms with Crippen LogP contribution in [0.25, 0.3) is 0 Å². The molecule has 2 aromatic carbocycles. The minimum absolute atomic E-state index is 0.0910. The van der Waals surface area contributed by atoms with Crippen molar-refractivity contribution in [1.82, 2.24) is 4.90 Å². The third kappa shape index (κ3) is 4.31. The molecule has 0 aromatic heterocycles. The Morgan fingerprint density at radius 1 is 1.17 bits per heavy atom. The van der Waals surface area contributed by atoms with E-state index in [-0.39, 0.29) is 12.4 Å². The van der Waals surface area contributed by atoms with E-state index in [0.29, 0.717) is 10.9 Å². The molecule has 1 saturated heterocycles. The van der Waals surface area contributed by atoms with Crippen molar-refractivity contribution >= 4 is 11.6 Å². The van der Waals surface area contributed by atoms with Gasteiger partial charge < -0.3 is 5.11 Å². The second-order valence-electron chi connectivity index (χ2n) is 6.31. The molecular weight excluding hydrogens is 313 g/mol. The molecule has 1 fully saturated rings. The quantitative estimate of drug-likeness (QED) is 0.892. The number of hydrogen-bond donors (Lipinski definition) is 1. The summed E-state index contributed by atoms with van der Waals surface area (Å²) in [5, 5.41) is 9.73. The SMILES string of the molecule is OCc1cccc(C[C@H]2CCN(Cc3ccc(F)cc3Cl)C2)c1. The summed E-state index contributed by atoms with van der Waals surface area (Å²) in [5.74, 6) is 0.324. The zero-order chi connectivity index (χ0) is 16.2.